The van der Waals surface area contributed by atoms with Gasteiger partial charge in [0.25, 0.3) is 0 Å². The van der Waals surface area contributed by atoms with Gasteiger partial charge in [0.05, 0.1) is 17.6 Å². The standard InChI is InChI=1S/C20H36O3/c1-5-7-8-9-10-11-13-19(18(21)23-6-2)14-12-15-20(19,22)16-17(3)4/h22H,3,5-16H2,1-2,4H3/t19-,20-/m0/s1. The minimum Gasteiger partial charge on any atom is -0.465 e. The van der Waals surface area contributed by atoms with Gasteiger partial charge in [-0.3, -0.25) is 4.79 Å². The van der Waals surface area contributed by atoms with E-state index in [0.29, 0.717) is 19.4 Å². The van der Waals surface area contributed by atoms with E-state index in [9.17, 15) is 9.90 Å². The first-order chi connectivity index (χ1) is 10.9. The molecule has 0 amide bonds. The number of carbonyl (C=O) groups excluding carboxylic acids is 1. The summed E-state index contributed by atoms with van der Waals surface area (Å²) in [6.45, 7) is 10.3. The summed E-state index contributed by atoms with van der Waals surface area (Å²) in [6, 6.07) is 0. The van der Waals surface area contributed by atoms with Crippen molar-refractivity contribution >= 4 is 5.97 Å². The molecule has 0 bridgehead atoms. The van der Waals surface area contributed by atoms with Crippen molar-refractivity contribution in [2.75, 3.05) is 6.61 Å². The van der Waals surface area contributed by atoms with E-state index in [0.717, 1.165) is 37.7 Å². The Balaban J connectivity index is 2.77. The molecule has 0 spiro atoms. The van der Waals surface area contributed by atoms with Crippen LogP contribution in [0, 0.1) is 5.41 Å². The molecule has 0 radical (unpaired) electrons. The molecule has 1 fully saturated rings. The second-order valence-electron chi connectivity index (χ2n) is 7.34. The zero-order chi connectivity index (χ0) is 17.3. The second kappa shape index (κ2) is 9.46. The van der Waals surface area contributed by atoms with Gasteiger partial charge in [0, 0.05) is 0 Å². The van der Waals surface area contributed by atoms with Crippen molar-refractivity contribution in [2.45, 2.75) is 97.0 Å². The van der Waals surface area contributed by atoms with Crippen molar-refractivity contribution < 1.29 is 14.6 Å². The largest absolute Gasteiger partial charge is 0.465 e. The molecule has 3 heteroatoms. The van der Waals surface area contributed by atoms with Crippen molar-refractivity contribution in [3.05, 3.63) is 12.2 Å². The van der Waals surface area contributed by atoms with Crippen LogP contribution in [0.1, 0.15) is 91.4 Å². The van der Waals surface area contributed by atoms with E-state index in [4.69, 9.17) is 4.74 Å². The summed E-state index contributed by atoms with van der Waals surface area (Å²) < 4.78 is 5.37. The number of esters is 1. The molecule has 23 heavy (non-hydrogen) atoms. The SMILES string of the molecule is C=C(C)C[C@@]1(O)CCC[C@@]1(CCCCCCCC)C(=O)OCC. The quantitative estimate of drug-likeness (QED) is 0.324. The lowest BCUT2D eigenvalue weighted by Crippen LogP contribution is -2.50. The number of unbranched alkanes of at least 4 members (excludes halogenated alkanes) is 5. The van der Waals surface area contributed by atoms with Crippen LogP contribution in [0.4, 0.5) is 0 Å². The Morgan fingerprint density at radius 1 is 1.13 bits per heavy atom. The first kappa shape index (κ1) is 20.2. The molecule has 1 saturated carbocycles. The zero-order valence-corrected chi connectivity index (χ0v) is 15.5. The van der Waals surface area contributed by atoms with E-state index in [2.05, 4.69) is 13.5 Å². The Morgan fingerprint density at radius 2 is 1.78 bits per heavy atom. The predicted molar refractivity (Wildman–Crippen MR) is 95.3 cm³/mol. The highest BCUT2D eigenvalue weighted by Gasteiger charge is 2.58. The first-order valence-electron chi connectivity index (χ1n) is 9.46. The van der Waals surface area contributed by atoms with Gasteiger partial charge in [-0.1, -0.05) is 51.0 Å². The number of hydrogen-bond acceptors (Lipinski definition) is 3. The van der Waals surface area contributed by atoms with Gasteiger partial charge in [0.1, 0.15) is 0 Å². The summed E-state index contributed by atoms with van der Waals surface area (Å²) in [6.07, 6.45) is 10.7. The van der Waals surface area contributed by atoms with Gasteiger partial charge in [0.15, 0.2) is 0 Å². The highest BCUT2D eigenvalue weighted by Crippen LogP contribution is 2.53. The average Bonchev–Trinajstić information content (AvgIpc) is 2.79. The maximum Gasteiger partial charge on any atom is 0.315 e. The highest BCUT2D eigenvalue weighted by molar-refractivity contribution is 5.79. The van der Waals surface area contributed by atoms with Gasteiger partial charge >= 0.3 is 5.97 Å². The molecule has 0 heterocycles. The van der Waals surface area contributed by atoms with Gasteiger partial charge in [-0.15, -0.1) is 6.58 Å². The summed E-state index contributed by atoms with van der Waals surface area (Å²) in [5.74, 6) is -0.199. The van der Waals surface area contributed by atoms with Crippen LogP contribution in [0.25, 0.3) is 0 Å². The summed E-state index contributed by atoms with van der Waals surface area (Å²) in [5.41, 5.74) is -0.771. The smallest absolute Gasteiger partial charge is 0.315 e. The Morgan fingerprint density at radius 3 is 2.39 bits per heavy atom. The number of carbonyl (C=O) groups is 1. The summed E-state index contributed by atoms with van der Waals surface area (Å²) in [7, 11) is 0. The monoisotopic (exact) mass is 324 g/mol. The minimum atomic E-state index is -0.978. The summed E-state index contributed by atoms with van der Waals surface area (Å²) in [5, 5.41) is 11.2. The molecule has 0 aliphatic heterocycles. The van der Waals surface area contributed by atoms with Crippen LogP contribution in [0.5, 0.6) is 0 Å². The third-order valence-corrected chi connectivity index (χ3v) is 5.30. The number of aliphatic hydroxyl groups is 1. The fraction of sp³-hybridized carbons (Fsp3) is 0.850. The summed E-state index contributed by atoms with van der Waals surface area (Å²) >= 11 is 0. The molecule has 0 aromatic carbocycles. The third kappa shape index (κ3) is 5.07. The highest BCUT2D eigenvalue weighted by atomic mass is 16.5. The Kier molecular flexibility index (Phi) is 8.32. The lowest BCUT2D eigenvalue weighted by atomic mass is 9.68. The van der Waals surface area contributed by atoms with Crippen molar-refractivity contribution in [1.29, 1.82) is 0 Å². The van der Waals surface area contributed by atoms with E-state index in [-0.39, 0.29) is 5.97 Å². The fourth-order valence-electron chi connectivity index (χ4n) is 4.14. The van der Waals surface area contributed by atoms with Crippen molar-refractivity contribution in [3.63, 3.8) is 0 Å². The molecule has 3 nitrogen and oxygen atoms in total. The number of hydrogen-bond donors (Lipinski definition) is 1. The predicted octanol–water partition coefficient (Wildman–Crippen LogP) is 5.17. The molecule has 1 rings (SSSR count). The minimum absolute atomic E-state index is 0.199. The van der Waals surface area contributed by atoms with Crippen LogP contribution in [-0.4, -0.2) is 23.3 Å². The molecule has 1 aliphatic carbocycles. The third-order valence-electron chi connectivity index (χ3n) is 5.30. The molecule has 1 aliphatic rings. The maximum atomic E-state index is 12.7. The van der Waals surface area contributed by atoms with Gasteiger partial charge in [-0.25, -0.2) is 0 Å². The zero-order valence-electron chi connectivity index (χ0n) is 15.5. The van der Waals surface area contributed by atoms with E-state index in [1.54, 1.807) is 0 Å². The van der Waals surface area contributed by atoms with Crippen LogP contribution in [0.2, 0.25) is 0 Å². The van der Waals surface area contributed by atoms with E-state index in [1.165, 1.54) is 25.7 Å². The molecule has 0 aromatic rings. The van der Waals surface area contributed by atoms with Crippen LogP contribution in [-0.2, 0) is 9.53 Å². The second-order valence-corrected chi connectivity index (χ2v) is 7.34. The Hall–Kier alpha value is -0.830. The van der Waals surface area contributed by atoms with E-state index < -0.39 is 11.0 Å². The molecule has 134 valence electrons. The molecule has 0 aromatic heterocycles. The maximum absolute atomic E-state index is 12.7. The van der Waals surface area contributed by atoms with Crippen LogP contribution < -0.4 is 0 Å². The van der Waals surface area contributed by atoms with Crippen LogP contribution >= 0.6 is 0 Å². The van der Waals surface area contributed by atoms with Crippen LogP contribution in [0.15, 0.2) is 12.2 Å². The molecular formula is C20H36O3. The van der Waals surface area contributed by atoms with E-state index >= 15 is 0 Å². The average molecular weight is 325 g/mol. The topological polar surface area (TPSA) is 46.5 Å². The molecule has 0 saturated heterocycles. The molecule has 2 atom stereocenters. The molecule has 0 unspecified atom stereocenters. The van der Waals surface area contributed by atoms with Gasteiger partial charge in [-0.2, -0.15) is 0 Å². The molecular weight excluding hydrogens is 288 g/mol. The first-order valence-corrected chi connectivity index (χ1v) is 9.46. The Labute approximate surface area is 142 Å². The normalized spacial score (nSPS) is 27.1. The lowest BCUT2D eigenvalue weighted by Gasteiger charge is -2.40. The Bertz CT molecular complexity index is 390. The van der Waals surface area contributed by atoms with E-state index in [1.807, 2.05) is 13.8 Å². The van der Waals surface area contributed by atoms with Crippen LogP contribution in [0.3, 0.4) is 0 Å². The van der Waals surface area contributed by atoms with Crippen molar-refractivity contribution in [1.82, 2.24) is 0 Å². The van der Waals surface area contributed by atoms with Gasteiger partial charge < -0.3 is 9.84 Å². The van der Waals surface area contributed by atoms with Crippen molar-refractivity contribution in [2.24, 2.45) is 5.41 Å². The summed E-state index contributed by atoms with van der Waals surface area (Å²) in [4.78, 5) is 12.7. The molecule has 1 N–H and O–H groups in total. The lowest BCUT2D eigenvalue weighted by molar-refractivity contribution is -0.172. The fourth-order valence-corrected chi connectivity index (χ4v) is 4.14. The number of ether oxygens (including phenoxy) is 1. The number of rotatable bonds is 11. The van der Waals surface area contributed by atoms with Crippen molar-refractivity contribution in [3.8, 4) is 0 Å². The van der Waals surface area contributed by atoms with Gasteiger partial charge in [-0.05, 0) is 46.0 Å². The van der Waals surface area contributed by atoms with Gasteiger partial charge in [0.2, 0.25) is 0 Å².